The van der Waals surface area contributed by atoms with E-state index in [0.29, 0.717) is 13.0 Å². The lowest BCUT2D eigenvalue weighted by Gasteiger charge is -2.20. The maximum Gasteiger partial charge on any atom is 0.221 e. The van der Waals surface area contributed by atoms with Crippen molar-refractivity contribution in [2.24, 2.45) is 0 Å². The SMILES string of the molecule is COc1ccccc1C(CC(=O)NCc1ccccc1)c1cnc2c(C)cccn12. The number of aromatic nitrogens is 2. The normalized spacial score (nSPS) is 11.9. The first-order chi connectivity index (χ1) is 14.7. The standard InChI is InChI=1S/C25H25N3O2/c1-18-9-8-14-28-22(17-27-25(18)28)21(20-12-6-7-13-23(20)30-2)15-24(29)26-16-19-10-4-3-5-11-19/h3-14,17,21H,15-16H2,1-2H3,(H,26,29). The van der Waals surface area contributed by atoms with E-state index in [0.717, 1.165) is 33.8 Å². The zero-order valence-electron chi connectivity index (χ0n) is 17.2. The molecule has 4 rings (SSSR count). The van der Waals surface area contributed by atoms with Crippen molar-refractivity contribution in [3.63, 3.8) is 0 Å². The number of nitrogens with one attached hydrogen (secondary N) is 1. The molecule has 2 aromatic carbocycles. The third kappa shape index (κ3) is 4.06. The van der Waals surface area contributed by atoms with Crippen molar-refractivity contribution in [3.8, 4) is 5.75 Å². The van der Waals surface area contributed by atoms with Gasteiger partial charge in [-0.15, -0.1) is 0 Å². The number of carbonyl (C=O) groups excluding carboxylic acids is 1. The molecule has 5 heteroatoms. The largest absolute Gasteiger partial charge is 0.496 e. The molecular weight excluding hydrogens is 374 g/mol. The summed E-state index contributed by atoms with van der Waals surface area (Å²) >= 11 is 0. The molecule has 0 aliphatic carbocycles. The zero-order chi connectivity index (χ0) is 20.9. The van der Waals surface area contributed by atoms with Crippen molar-refractivity contribution in [2.45, 2.75) is 25.8 Å². The molecule has 2 aromatic heterocycles. The maximum atomic E-state index is 12.9. The summed E-state index contributed by atoms with van der Waals surface area (Å²) in [6.45, 7) is 2.54. The van der Waals surface area contributed by atoms with E-state index in [-0.39, 0.29) is 11.8 Å². The average Bonchev–Trinajstić information content (AvgIpc) is 3.22. The quantitative estimate of drug-likeness (QED) is 0.498. The van der Waals surface area contributed by atoms with Gasteiger partial charge in [0.25, 0.3) is 0 Å². The molecule has 4 aromatic rings. The smallest absolute Gasteiger partial charge is 0.221 e. The van der Waals surface area contributed by atoms with Crippen molar-refractivity contribution in [2.75, 3.05) is 7.11 Å². The number of hydrogen-bond acceptors (Lipinski definition) is 3. The number of pyridine rings is 1. The van der Waals surface area contributed by atoms with Crippen LogP contribution < -0.4 is 10.1 Å². The molecule has 152 valence electrons. The Balaban J connectivity index is 1.67. The Hall–Kier alpha value is -3.60. The van der Waals surface area contributed by atoms with Crippen molar-refractivity contribution in [1.29, 1.82) is 0 Å². The minimum Gasteiger partial charge on any atom is -0.496 e. The van der Waals surface area contributed by atoms with Crippen molar-refractivity contribution >= 4 is 11.6 Å². The molecule has 5 nitrogen and oxygen atoms in total. The van der Waals surface area contributed by atoms with Gasteiger partial charge in [-0.1, -0.05) is 54.6 Å². The number of nitrogens with zero attached hydrogens (tertiary/aromatic N) is 2. The molecule has 1 N–H and O–H groups in total. The highest BCUT2D eigenvalue weighted by molar-refractivity contribution is 5.77. The van der Waals surface area contributed by atoms with Crippen LogP contribution in [0.25, 0.3) is 5.65 Å². The van der Waals surface area contributed by atoms with Gasteiger partial charge < -0.3 is 14.5 Å². The number of rotatable bonds is 7. The van der Waals surface area contributed by atoms with Crippen LogP contribution in [0.1, 0.15) is 34.7 Å². The molecule has 0 aliphatic rings. The second-order valence-corrected chi connectivity index (χ2v) is 7.33. The predicted octanol–water partition coefficient (Wildman–Crippen LogP) is 4.49. The highest BCUT2D eigenvalue weighted by Crippen LogP contribution is 2.35. The van der Waals surface area contributed by atoms with E-state index in [2.05, 4.69) is 14.7 Å². The van der Waals surface area contributed by atoms with E-state index in [9.17, 15) is 4.79 Å². The number of methoxy groups -OCH3 is 1. The Bertz CT molecular complexity index is 1150. The number of hydrogen-bond donors (Lipinski definition) is 1. The van der Waals surface area contributed by atoms with E-state index < -0.39 is 0 Å². The van der Waals surface area contributed by atoms with Gasteiger partial charge in [-0.2, -0.15) is 0 Å². The lowest BCUT2D eigenvalue weighted by Crippen LogP contribution is -2.25. The molecule has 1 amide bonds. The number of carbonyl (C=O) groups is 1. The Kier molecular flexibility index (Phi) is 5.80. The van der Waals surface area contributed by atoms with Gasteiger partial charge in [-0.3, -0.25) is 4.79 Å². The van der Waals surface area contributed by atoms with Crippen molar-refractivity contribution in [3.05, 3.63) is 102 Å². The molecule has 1 atom stereocenters. The van der Waals surface area contributed by atoms with Gasteiger partial charge in [-0.25, -0.2) is 4.98 Å². The number of benzene rings is 2. The Morgan fingerprint density at radius 3 is 2.63 bits per heavy atom. The number of aryl methyl sites for hydroxylation is 1. The number of imidazole rings is 1. The molecule has 30 heavy (non-hydrogen) atoms. The van der Waals surface area contributed by atoms with Gasteiger partial charge in [0, 0.05) is 36.8 Å². The summed E-state index contributed by atoms with van der Waals surface area (Å²) in [4.78, 5) is 17.5. The average molecular weight is 399 g/mol. The number of para-hydroxylation sites is 1. The van der Waals surface area contributed by atoms with Gasteiger partial charge in [0.15, 0.2) is 0 Å². The van der Waals surface area contributed by atoms with Crippen LogP contribution in [0.2, 0.25) is 0 Å². The summed E-state index contributed by atoms with van der Waals surface area (Å²) in [5.41, 5.74) is 5.00. The van der Waals surface area contributed by atoms with E-state index in [1.165, 1.54) is 0 Å². The first kappa shape index (κ1) is 19.7. The summed E-state index contributed by atoms with van der Waals surface area (Å²) in [5, 5.41) is 3.05. The summed E-state index contributed by atoms with van der Waals surface area (Å²) in [5.74, 6) is 0.562. The van der Waals surface area contributed by atoms with Crippen LogP contribution in [-0.2, 0) is 11.3 Å². The monoisotopic (exact) mass is 399 g/mol. The molecule has 1 unspecified atom stereocenters. The third-order valence-electron chi connectivity index (χ3n) is 5.35. The van der Waals surface area contributed by atoms with Crippen molar-refractivity contribution in [1.82, 2.24) is 14.7 Å². The predicted molar refractivity (Wildman–Crippen MR) is 118 cm³/mol. The molecule has 0 radical (unpaired) electrons. The van der Waals surface area contributed by atoms with Crippen LogP contribution in [0.15, 0.2) is 79.1 Å². The van der Waals surface area contributed by atoms with Crippen LogP contribution in [0.5, 0.6) is 5.75 Å². The van der Waals surface area contributed by atoms with E-state index >= 15 is 0 Å². The van der Waals surface area contributed by atoms with Crippen LogP contribution in [0.4, 0.5) is 0 Å². The summed E-state index contributed by atoms with van der Waals surface area (Å²) < 4.78 is 7.68. The van der Waals surface area contributed by atoms with E-state index in [1.54, 1.807) is 7.11 Å². The van der Waals surface area contributed by atoms with E-state index in [4.69, 9.17) is 4.74 Å². The molecule has 0 saturated carbocycles. The van der Waals surface area contributed by atoms with Crippen LogP contribution in [0.3, 0.4) is 0 Å². The zero-order valence-corrected chi connectivity index (χ0v) is 17.2. The van der Waals surface area contributed by atoms with Gasteiger partial charge >= 0.3 is 0 Å². The van der Waals surface area contributed by atoms with Gasteiger partial charge in [0.05, 0.1) is 12.8 Å². The fraction of sp³-hybridized carbons (Fsp3) is 0.200. The summed E-state index contributed by atoms with van der Waals surface area (Å²) in [6, 6.07) is 21.8. The highest BCUT2D eigenvalue weighted by atomic mass is 16.5. The highest BCUT2D eigenvalue weighted by Gasteiger charge is 2.24. The van der Waals surface area contributed by atoms with Crippen molar-refractivity contribution < 1.29 is 9.53 Å². The Morgan fingerprint density at radius 2 is 1.83 bits per heavy atom. The van der Waals surface area contributed by atoms with Gasteiger partial charge in [0.2, 0.25) is 5.91 Å². The molecule has 0 fully saturated rings. The topological polar surface area (TPSA) is 55.6 Å². The molecule has 0 aliphatic heterocycles. The Morgan fingerprint density at radius 1 is 1.07 bits per heavy atom. The first-order valence-electron chi connectivity index (χ1n) is 10.0. The molecule has 0 saturated heterocycles. The second kappa shape index (κ2) is 8.82. The van der Waals surface area contributed by atoms with Gasteiger partial charge in [0.1, 0.15) is 11.4 Å². The minimum atomic E-state index is -0.186. The maximum absolute atomic E-state index is 12.9. The van der Waals surface area contributed by atoms with Gasteiger partial charge in [-0.05, 0) is 30.2 Å². The number of amides is 1. The molecule has 0 bridgehead atoms. The molecule has 2 heterocycles. The minimum absolute atomic E-state index is 0.0163. The lowest BCUT2D eigenvalue weighted by atomic mass is 9.91. The second-order valence-electron chi connectivity index (χ2n) is 7.33. The van der Waals surface area contributed by atoms with Crippen LogP contribution >= 0.6 is 0 Å². The molecule has 0 spiro atoms. The summed E-state index contributed by atoms with van der Waals surface area (Å²) in [6.07, 6.45) is 4.16. The fourth-order valence-corrected chi connectivity index (χ4v) is 3.81. The third-order valence-corrected chi connectivity index (χ3v) is 5.35. The Labute approximate surface area is 176 Å². The summed E-state index contributed by atoms with van der Waals surface area (Å²) in [7, 11) is 1.66. The first-order valence-corrected chi connectivity index (χ1v) is 10.0. The van der Waals surface area contributed by atoms with Crippen LogP contribution in [0, 0.1) is 6.92 Å². The van der Waals surface area contributed by atoms with Crippen LogP contribution in [-0.4, -0.2) is 22.4 Å². The van der Waals surface area contributed by atoms with E-state index in [1.807, 2.05) is 86.0 Å². The number of fused-ring (bicyclic) bond motifs is 1. The number of ether oxygens (including phenoxy) is 1. The fourth-order valence-electron chi connectivity index (χ4n) is 3.81. The molecular formula is C25H25N3O2. The lowest BCUT2D eigenvalue weighted by molar-refractivity contribution is -0.121.